The number of nitrogens with zero attached hydrogens (tertiary/aromatic N) is 1. The van der Waals surface area contributed by atoms with Crippen molar-refractivity contribution in [3.63, 3.8) is 0 Å². The molecule has 22 heavy (non-hydrogen) atoms. The SMILES string of the molecule is CC(C)(C)C(=O)ON1CCC(COc2ccc(Cl)cc2)CC1. The molecule has 0 aromatic heterocycles. The summed E-state index contributed by atoms with van der Waals surface area (Å²) in [5.74, 6) is 1.15. The van der Waals surface area contributed by atoms with Crippen LogP contribution in [0.15, 0.2) is 24.3 Å². The Balaban J connectivity index is 1.71. The van der Waals surface area contributed by atoms with Crippen molar-refractivity contribution in [2.45, 2.75) is 33.6 Å². The summed E-state index contributed by atoms with van der Waals surface area (Å²) < 4.78 is 5.79. The first-order valence-corrected chi connectivity index (χ1v) is 8.08. The van der Waals surface area contributed by atoms with E-state index in [1.165, 1.54) is 0 Å². The Kier molecular flexibility index (Phi) is 5.70. The van der Waals surface area contributed by atoms with Gasteiger partial charge in [0, 0.05) is 18.1 Å². The largest absolute Gasteiger partial charge is 0.493 e. The predicted octanol–water partition coefficient (Wildman–Crippen LogP) is 3.94. The monoisotopic (exact) mass is 325 g/mol. The number of halogens is 1. The van der Waals surface area contributed by atoms with Crippen LogP contribution in [-0.4, -0.2) is 30.7 Å². The molecule has 1 aliphatic heterocycles. The Morgan fingerprint density at radius 3 is 2.36 bits per heavy atom. The van der Waals surface area contributed by atoms with Crippen LogP contribution in [0.4, 0.5) is 0 Å². The molecule has 0 bridgehead atoms. The molecule has 1 heterocycles. The molecule has 0 saturated carbocycles. The molecule has 1 aromatic rings. The van der Waals surface area contributed by atoms with Gasteiger partial charge >= 0.3 is 5.97 Å². The second-order valence-corrected chi connectivity index (χ2v) is 7.20. The fraction of sp³-hybridized carbons (Fsp3) is 0.588. The van der Waals surface area contributed by atoms with Crippen molar-refractivity contribution < 1.29 is 14.4 Å². The van der Waals surface area contributed by atoms with E-state index in [1.807, 2.05) is 45.0 Å². The van der Waals surface area contributed by atoms with Gasteiger partial charge in [0.1, 0.15) is 5.75 Å². The highest BCUT2D eigenvalue weighted by Gasteiger charge is 2.28. The van der Waals surface area contributed by atoms with Crippen LogP contribution in [-0.2, 0) is 9.63 Å². The highest BCUT2D eigenvalue weighted by molar-refractivity contribution is 6.30. The molecule has 1 saturated heterocycles. The molecule has 0 atom stereocenters. The minimum atomic E-state index is -0.464. The van der Waals surface area contributed by atoms with E-state index in [2.05, 4.69) is 0 Å². The second kappa shape index (κ2) is 7.34. The second-order valence-electron chi connectivity index (χ2n) is 6.77. The van der Waals surface area contributed by atoms with Gasteiger partial charge < -0.3 is 9.57 Å². The van der Waals surface area contributed by atoms with E-state index < -0.39 is 5.41 Å². The summed E-state index contributed by atoms with van der Waals surface area (Å²) in [5.41, 5.74) is -0.464. The minimum Gasteiger partial charge on any atom is -0.493 e. The molecule has 5 heteroatoms. The molecule has 0 N–H and O–H groups in total. The first kappa shape index (κ1) is 17.1. The molecule has 4 nitrogen and oxygen atoms in total. The lowest BCUT2D eigenvalue weighted by Gasteiger charge is -2.32. The van der Waals surface area contributed by atoms with E-state index in [-0.39, 0.29) is 5.97 Å². The lowest BCUT2D eigenvalue weighted by atomic mass is 9.97. The van der Waals surface area contributed by atoms with Crippen LogP contribution in [0.2, 0.25) is 5.02 Å². The van der Waals surface area contributed by atoms with Crippen LogP contribution >= 0.6 is 11.6 Å². The lowest BCUT2D eigenvalue weighted by molar-refractivity contribution is -0.206. The van der Waals surface area contributed by atoms with Crippen LogP contribution < -0.4 is 4.74 Å². The average Bonchev–Trinajstić information content (AvgIpc) is 2.47. The Bertz CT molecular complexity index is 488. The third kappa shape index (κ3) is 5.18. The number of hydrogen-bond donors (Lipinski definition) is 0. The molecule has 1 aromatic carbocycles. The van der Waals surface area contributed by atoms with E-state index in [1.54, 1.807) is 5.06 Å². The summed E-state index contributed by atoms with van der Waals surface area (Å²) in [4.78, 5) is 17.3. The molecule has 0 aliphatic carbocycles. The lowest BCUT2D eigenvalue weighted by Crippen LogP contribution is -2.39. The first-order chi connectivity index (χ1) is 10.3. The predicted molar refractivity (Wildman–Crippen MR) is 86.8 cm³/mol. The van der Waals surface area contributed by atoms with E-state index >= 15 is 0 Å². The van der Waals surface area contributed by atoms with Gasteiger partial charge in [-0.2, -0.15) is 0 Å². The standard InChI is InChI=1S/C17H24ClNO3/c1-17(2,3)16(20)22-19-10-8-13(9-11-19)12-21-15-6-4-14(18)5-7-15/h4-7,13H,8-12H2,1-3H3. The van der Waals surface area contributed by atoms with Gasteiger partial charge in [-0.05, 0) is 63.8 Å². The molecular formula is C17H24ClNO3. The van der Waals surface area contributed by atoms with Crippen LogP contribution in [0.25, 0.3) is 0 Å². The summed E-state index contributed by atoms with van der Waals surface area (Å²) in [5, 5.41) is 2.48. The normalized spacial score (nSPS) is 17.3. The number of ether oxygens (including phenoxy) is 1. The van der Waals surface area contributed by atoms with Gasteiger partial charge in [0.15, 0.2) is 0 Å². The summed E-state index contributed by atoms with van der Waals surface area (Å²) in [6, 6.07) is 7.40. The highest BCUT2D eigenvalue weighted by Crippen LogP contribution is 2.23. The van der Waals surface area contributed by atoms with Gasteiger partial charge in [-0.1, -0.05) is 11.6 Å². The molecular weight excluding hydrogens is 302 g/mol. The van der Waals surface area contributed by atoms with Crippen molar-refractivity contribution in [3.05, 3.63) is 29.3 Å². The number of carbonyl (C=O) groups excluding carboxylic acids is 1. The third-order valence-corrected chi connectivity index (χ3v) is 3.95. The van der Waals surface area contributed by atoms with Crippen molar-refractivity contribution in [2.24, 2.45) is 11.3 Å². The summed E-state index contributed by atoms with van der Waals surface area (Å²) in [6.45, 7) is 7.79. The van der Waals surface area contributed by atoms with Crippen LogP contribution in [0, 0.1) is 11.3 Å². The fourth-order valence-corrected chi connectivity index (χ4v) is 2.29. The van der Waals surface area contributed by atoms with Crippen molar-refractivity contribution in [1.29, 1.82) is 0 Å². The topological polar surface area (TPSA) is 38.8 Å². The summed E-state index contributed by atoms with van der Waals surface area (Å²) in [6.07, 6.45) is 1.93. The Labute approximate surface area is 137 Å². The van der Waals surface area contributed by atoms with Gasteiger partial charge in [-0.3, -0.25) is 0 Å². The number of rotatable bonds is 4. The zero-order valence-electron chi connectivity index (χ0n) is 13.5. The quantitative estimate of drug-likeness (QED) is 0.840. The smallest absolute Gasteiger partial charge is 0.330 e. The van der Waals surface area contributed by atoms with E-state index in [0.717, 1.165) is 31.7 Å². The molecule has 0 spiro atoms. The maximum absolute atomic E-state index is 11.9. The molecule has 0 radical (unpaired) electrons. The Hall–Kier alpha value is -1.26. The van der Waals surface area contributed by atoms with E-state index in [4.69, 9.17) is 21.2 Å². The van der Waals surface area contributed by atoms with Gasteiger partial charge in [-0.15, -0.1) is 5.06 Å². The molecule has 1 fully saturated rings. The van der Waals surface area contributed by atoms with Crippen LogP contribution in [0.5, 0.6) is 5.75 Å². The molecule has 0 unspecified atom stereocenters. The zero-order valence-corrected chi connectivity index (χ0v) is 14.2. The number of hydrogen-bond acceptors (Lipinski definition) is 4. The zero-order chi connectivity index (χ0) is 16.2. The van der Waals surface area contributed by atoms with Crippen molar-refractivity contribution in [1.82, 2.24) is 5.06 Å². The molecule has 1 aliphatic rings. The summed E-state index contributed by atoms with van der Waals surface area (Å²) >= 11 is 5.85. The Morgan fingerprint density at radius 2 is 1.82 bits per heavy atom. The van der Waals surface area contributed by atoms with Crippen molar-refractivity contribution >= 4 is 17.6 Å². The maximum Gasteiger partial charge on any atom is 0.330 e. The molecule has 0 amide bonds. The van der Waals surface area contributed by atoms with Crippen LogP contribution in [0.1, 0.15) is 33.6 Å². The van der Waals surface area contributed by atoms with Gasteiger partial charge in [0.2, 0.25) is 0 Å². The van der Waals surface area contributed by atoms with Gasteiger partial charge in [0.05, 0.1) is 12.0 Å². The van der Waals surface area contributed by atoms with Crippen molar-refractivity contribution in [2.75, 3.05) is 19.7 Å². The van der Waals surface area contributed by atoms with Crippen molar-refractivity contribution in [3.8, 4) is 5.75 Å². The first-order valence-electron chi connectivity index (χ1n) is 7.70. The highest BCUT2D eigenvalue weighted by atomic mass is 35.5. The molecule has 122 valence electrons. The van der Waals surface area contributed by atoms with E-state index in [9.17, 15) is 4.79 Å². The number of hydroxylamine groups is 2. The van der Waals surface area contributed by atoms with Crippen LogP contribution in [0.3, 0.4) is 0 Å². The number of benzene rings is 1. The fourth-order valence-electron chi connectivity index (χ4n) is 2.17. The maximum atomic E-state index is 11.9. The van der Waals surface area contributed by atoms with Gasteiger partial charge in [0.25, 0.3) is 0 Å². The third-order valence-electron chi connectivity index (χ3n) is 3.70. The minimum absolute atomic E-state index is 0.177. The van der Waals surface area contributed by atoms with Gasteiger partial charge in [-0.25, -0.2) is 4.79 Å². The summed E-state index contributed by atoms with van der Waals surface area (Å²) in [7, 11) is 0. The number of piperidine rings is 1. The average molecular weight is 326 g/mol. The molecule has 2 rings (SSSR count). The van der Waals surface area contributed by atoms with E-state index in [0.29, 0.717) is 17.5 Å². The Morgan fingerprint density at radius 1 is 1.23 bits per heavy atom. The number of carbonyl (C=O) groups is 1.